The molecule has 1 atom stereocenters. The van der Waals surface area contributed by atoms with E-state index < -0.39 is 10.0 Å². The molecule has 2 aromatic carbocycles. The molecule has 0 heterocycles. The van der Waals surface area contributed by atoms with E-state index in [1.54, 1.807) is 12.1 Å². The van der Waals surface area contributed by atoms with E-state index in [-0.39, 0.29) is 16.7 Å². The third-order valence-electron chi connectivity index (χ3n) is 4.11. The zero-order valence-electron chi connectivity index (χ0n) is 12.9. The molecular weight excluding hydrogens is 310 g/mol. The summed E-state index contributed by atoms with van der Waals surface area (Å²) in [5, 5.41) is 0. The molecule has 5 heteroatoms. The first-order chi connectivity index (χ1) is 11.0. The minimum absolute atomic E-state index is 0.0814. The van der Waals surface area contributed by atoms with E-state index in [1.165, 1.54) is 19.1 Å². The molecule has 0 radical (unpaired) electrons. The number of rotatable bonds is 6. The topological polar surface area (TPSA) is 63.2 Å². The Morgan fingerprint density at radius 2 is 1.65 bits per heavy atom. The fourth-order valence-corrected chi connectivity index (χ4v) is 3.92. The van der Waals surface area contributed by atoms with Crippen molar-refractivity contribution in [3.8, 4) is 0 Å². The molecule has 0 aliphatic heterocycles. The smallest absolute Gasteiger partial charge is 0.241 e. The normalized spacial score (nSPS) is 16.0. The van der Waals surface area contributed by atoms with Gasteiger partial charge in [-0.3, -0.25) is 4.79 Å². The Labute approximate surface area is 136 Å². The summed E-state index contributed by atoms with van der Waals surface area (Å²) in [6, 6.07) is 15.5. The van der Waals surface area contributed by atoms with Gasteiger partial charge in [0.15, 0.2) is 5.78 Å². The molecule has 0 unspecified atom stereocenters. The largest absolute Gasteiger partial charge is 0.295 e. The summed E-state index contributed by atoms with van der Waals surface area (Å²) in [5.74, 6) is 0.269. The van der Waals surface area contributed by atoms with Crippen LogP contribution in [0, 0.1) is 5.92 Å². The van der Waals surface area contributed by atoms with Crippen LogP contribution < -0.4 is 4.72 Å². The summed E-state index contributed by atoms with van der Waals surface area (Å²) >= 11 is 0. The average Bonchev–Trinajstić information content (AvgIpc) is 3.38. The standard InChI is InChI=1S/C18H19NO3S/c1-13(20)14-9-11-17(12-10-14)23(21,22)19-18(16-7-8-16)15-5-3-2-4-6-15/h2-6,9-12,16,18-19H,7-8H2,1H3/t18-/m1/s1. The van der Waals surface area contributed by atoms with Gasteiger partial charge in [-0.15, -0.1) is 0 Å². The highest BCUT2D eigenvalue weighted by Crippen LogP contribution is 2.41. The highest BCUT2D eigenvalue weighted by atomic mass is 32.2. The van der Waals surface area contributed by atoms with Crippen LogP contribution in [0.1, 0.15) is 41.7 Å². The monoisotopic (exact) mass is 329 g/mol. The Bertz CT molecular complexity index is 794. The second-order valence-corrected chi connectivity index (χ2v) is 7.64. The Kier molecular flexibility index (Phi) is 4.33. The molecule has 4 nitrogen and oxygen atoms in total. The van der Waals surface area contributed by atoms with Crippen molar-refractivity contribution in [1.82, 2.24) is 4.72 Å². The molecule has 0 amide bonds. The molecule has 1 aliphatic rings. The minimum Gasteiger partial charge on any atom is -0.295 e. The second kappa shape index (κ2) is 6.26. The lowest BCUT2D eigenvalue weighted by Crippen LogP contribution is -2.30. The number of carbonyl (C=O) groups is 1. The summed E-state index contributed by atoms with van der Waals surface area (Å²) in [4.78, 5) is 11.5. The van der Waals surface area contributed by atoms with Gasteiger partial charge in [-0.1, -0.05) is 42.5 Å². The van der Waals surface area contributed by atoms with Crippen LogP contribution >= 0.6 is 0 Å². The molecule has 0 spiro atoms. The van der Waals surface area contributed by atoms with Crippen LogP contribution in [0.4, 0.5) is 0 Å². The third kappa shape index (κ3) is 3.68. The Morgan fingerprint density at radius 3 is 2.17 bits per heavy atom. The number of carbonyl (C=O) groups excluding carboxylic acids is 1. The fraction of sp³-hybridized carbons (Fsp3) is 0.278. The van der Waals surface area contributed by atoms with E-state index >= 15 is 0 Å². The molecular formula is C18H19NO3S. The Hall–Kier alpha value is -1.98. The molecule has 0 aromatic heterocycles. The van der Waals surface area contributed by atoms with E-state index in [1.807, 2.05) is 30.3 Å². The predicted octanol–water partition coefficient (Wildman–Crippen LogP) is 3.32. The predicted molar refractivity (Wildman–Crippen MR) is 88.7 cm³/mol. The van der Waals surface area contributed by atoms with Gasteiger partial charge >= 0.3 is 0 Å². The highest BCUT2D eigenvalue weighted by molar-refractivity contribution is 7.89. The zero-order chi connectivity index (χ0) is 16.4. The van der Waals surface area contributed by atoms with Crippen molar-refractivity contribution in [2.45, 2.75) is 30.7 Å². The number of nitrogens with one attached hydrogen (secondary N) is 1. The van der Waals surface area contributed by atoms with E-state index in [0.29, 0.717) is 11.5 Å². The van der Waals surface area contributed by atoms with Crippen molar-refractivity contribution in [2.75, 3.05) is 0 Å². The molecule has 0 bridgehead atoms. The van der Waals surface area contributed by atoms with Crippen LogP contribution in [0.5, 0.6) is 0 Å². The van der Waals surface area contributed by atoms with Crippen LogP contribution in [-0.4, -0.2) is 14.2 Å². The van der Waals surface area contributed by atoms with Crippen molar-refractivity contribution in [3.63, 3.8) is 0 Å². The van der Waals surface area contributed by atoms with Gasteiger partial charge < -0.3 is 0 Å². The van der Waals surface area contributed by atoms with Crippen LogP contribution in [0.15, 0.2) is 59.5 Å². The zero-order valence-corrected chi connectivity index (χ0v) is 13.7. The van der Waals surface area contributed by atoms with Crippen LogP contribution in [0.25, 0.3) is 0 Å². The second-order valence-electron chi connectivity index (χ2n) is 5.93. The quantitative estimate of drug-likeness (QED) is 0.827. The summed E-state index contributed by atoms with van der Waals surface area (Å²) < 4.78 is 28.1. The molecule has 23 heavy (non-hydrogen) atoms. The van der Waals surface area contributed by atoms with Gasteiger partial charge in [0.25, 0.3) is 0 Å². The lowest BCUT2D eigenvalue weighted by Gasteiger charge is -2.19. The molecule has 2 aromatic rings. The van der Waals surface area contributed by atoms with E-state index in [0.717, 1.165) is 18.4 Å². The van der Waals surface area contributed by atoms with Gasteiger partial charge in [0.2, 0.25) is 10.0 Å². The molecule has 1 fully saturated rings. The SMILES string of the molecule is CC(=O)c1ccc(S(=O)(=O)N[C@H](c2ccccc2)C2CC2)cc1. The highest BCUT2D eigenvalue weighted by Gasteiger charge is 2.35. The van der Waals surface area contributed by atoms with Gasteiger partial charge in [-0.2, -0.15) is 0 Å². The first-order valence-electron chi connectivity index (χ1n) is 7.65. The summed E-state index contributed by atoms with van der Waals surface area (Å²) in [5.41, 5.74) is 1.49. The fourth-order valence-electron chi connectivity index (χ4n) is 2.63. The van der Waals surface area contributed by atoms with E-state index in [2.05, 4.69) is 4.72 Å². The molecule has 1 aliphatic carbocycles. The van der Waals surface area contributed by atoms with Crippen LogP contribution in [-0.2, 0) is 10.0 Å². The van der Waals surface area contributed by atoms with Gasteiger partial charge in [0.1, 0.15) is 0 Å². The van der Waals surface area contributed by atoms with Crippen molar-refractivity contribution in [1.29, 1.82) is 0 Å². The van der Waals surface area contributed by atoms with Crippen molar-refractivity contribution >= 4 is 15.8 Å². The molecule has 120 valence electrons. The number of hydrogen-bond acceptors (Lipinski definition) is 3. The molecule has 1 N–H and O–H groups in total. The summed E-state index contributed by atoms with van der Waals surface area (Å²) in [6.45, 7) is 1.46. The molecule has 1 saturated carbocycles. The van der Waals surface area contributed by atoms with Crippen LogP contribution in [0.3, 0.4) is 0 Å². The lowest BCUT2D eigenvalue weighted by molar-refractivity contribution is 0.101. The maximum absolute atomic E-state index is 12.6. The Morgan fingerprint density at radius 1 is 1.04 bits per heavy atom. The van der Waals surface area contributed by atoms with Gasteiger partial charge in [0, 0.05) is 11.6 Å². The number of ketones is 1. The minimum atomic E-state index is -3.62. The first kappa shape index (κ1) is 15.9. The number of hydrogen-bond donors (Lipinski definition) is 1. The molecule has 0 saturated heterocycles. The molecule has 3 rings (SSSR count). The van der Waals surface area contributed by atoms with E-state index in [9.17, 15) is 13.2 Å². The summed E-state index contributed by atoms with van der Waals surface area (Å²) in [6.07, 6.45) is 2.07. The van der Waals surface area contributed by atoms with Gasteiger partial charge in [-0.25, -0.2) is 13.1 Å². The first-order valence-corrected chi connectivity index (χ1v) is 9.14. The number of Topliss-reactive ketones (excluding diaryl/α,β-unsaturated/α-hetero) is 1. The maximum Gasteiger partial charge on any atom is 0.241 e. The van der Waals surface area contributed by atoms with Gasteiger partial charge in [-0.05, 0) is 43.4 Å². The Balaban J connectivity index is 1.85. The maximum atomic E-state index is 12.6. The lowest BCUT2D eigenvalue weighted by atomic mass is 10.0. The van der Waals surface area contributed by atoms with Gasteiger partial charge in [0.05, 0.1) is 4.90 Å². The van der Waals surface area contributed by atoms with Crippen molar-refractivity contribution < 1.29 is 13.2 Å². The van der Waals surface area contributed by atoms with Crippen molar-refractivity contribution in [2.24, 2.45) is 5.92 Å². The van der Waals surface area contributed by atoms with Crippen molar-refractivity contribution in [3.05, 3.63) is 65.7 Å². The average molecular weight is 329 g/mol. The number of sulfonamides is 1. The van der Waals surface area contributed by atoms with E-state index in [4.69, 9.17) is 0 Å². The third-order valence-corrected chi connectivity index (χ3v) is 5.56. The van der Waals surface area contributed by atoms with Crippen LogP contribution in [0.2, 0.25) is 0 Å². The summed E-state index contributed by atoms with van der Waals surface area (Å²) in [7, 11) is -3.62. The number of benzene rings is 2.